The molecule has 1 aromatic heterocycles. The van der Waals surface area contributed by atoms with Gasteiger partial charge in [-0.2, -0.15) is 10.1 Å². The van der Waals surface area contributed by atoms with Gasteiger partial charge in [-0.15, -0.1) is 0 Å². The predicted molar refractivity (Wildman–Crippen MR) is 121 cm³/mol. The third-order valence-corrected chi connectivity index (χ3v) is 5.52. The minimum atomic E-state index is -0.586. The molecule has 0 N–H and O–H groups in total. The number of hydrazone groups is 1. The SMILES string of the molecule is CC1=NN(c2cc(Cl)ccc2[N+](=O)[O-])C(=O)/C1=C\c1ccc(-c2cccc(Cl)c2C)o1. The fraction of sp³-hybridized carbons (Fsp3) is 0.0909. The predicted octanol–water partition coefficient (Wildman–Crippen LogP) is 6.28. The maximum atomic E-state index is 13.0. The zero-order chi connectivity index (χ0) is 22.3. The molecular formula is C22H15Cl2N3O4. The lowest BCUT2D eigenvalue weighted by atomic mass is 10.1. The number of nitro groups is 1. The van der Waals surface area contributed by atoms with Crippen molar-refractivity contribution in [2.24, 2.45) is 5.10 Å². The Balaban J connectivity index is 1.69. The lowest BCUT2D eigenvalue weighted by Crippen LogP contribution is -2.22. The van der Waals surface area contributed by atoms with E-state index in [0.29, 0.717) is 22.3 Å². The Morgan fingerprint density at radius 3 is 2.65 bits per heavy atom. The molecule has 0 fully saturated rings. The van der Waals surface area contributed by atoms with Crippen LogP contribution in [0, 0.1) is 17.0 Å². The first-order valence-electron chi connectivity index (χ1n) is 9.17. The van der Waals surface area contributed by atoms with E-state index >= 15 is 0 Å². The molecule has 0 atom stereocenters. The van der Waals surface area contributed by atoms with Crippen molar-refractivity contribution in [2.45, 2.75) is 13.8 Å². The molecular weight excluding hydrogens is 441 g/mol. The molecule has 0 saturated heterocycles. The van der Waals surface area contributed by atoms with E-state index in [-0.39, 0.29) is 22.0 Å². The van der Waals surface area contributed by atoms with Crippen LogP contribution in [0.1, 0.15) is 18.2 Å². The fourth-order valence-electron chi connectivity index (χ4n) is 3.26. The number of rotatable bonds is 4. The van der Waals surface area contributed by atoms with Gasteiger partial charge in [-0.05, 0) is 55.8 Å². The molecule has 7 nitrogen and oxygen atoms in total. The van der Waals surface area contributed by atoms with Gasteiger partial charge in [0.25, 0.3) is 11.6 Å². The van der Waals surface area contributed by atoms with Gasteiger partial charge in [0.15, 0.2) is 0 Å². The molecule has 4 rings (SSSR count). The highest BCUT2D eigenvalue weighted by atomic mass is 35.5. The maximum absolute atomic E-state index is 13.0. The Morgan fingerprint density at radius 2 is 1.90 bits per heavy atom. The largest absolute Gasteiger partial charge is 0.457 e. The van der Waals surface area contributed by atoms with Crippen LogP contribution in [0.2, 0.25) is 10.0 Å². The summed E-state index contributed by atoms with van der Waals surface area (Å²) in [6.07, 6.45) is 1.56. The Kier molecular flexibility index (Phi) is 5.39. The van der Waals surface area contributed by atoms with Crippen molar-refractivity contribution in [3.8, 4) is 11.3 Å². The summed E-state index contributed by atoms with van der Waals surface area (Å²) in [5.41, 5.74) is 2.12. The van der Waals surface area contributed by atoms with Crippen LogP contribution in [0.3, 0.4) is 0 Å². The fourth-order valence-corrected chi connectivity index (χ4v) is 3.60. The second-order valence-electron chi connectivity index (χ2n) is 6.86. The number of hydrogen-bond donors (Lipinski definition) is 0. The van der Waals surface area contributed by atoms with Crippen molar-refractivity contribution in [3.05, 3.63) is 85.6 Å². The van der Waals surface area contributed by atoms with Gasteiger partial charge in [0.1, 0.15) is 17.2 Å². The smallest absolute Gasteiger partial charge is 0.295 e. The standard InChI is InChI=1S/C22H15Cl2N3O4/c1-12-16(4-3-5-18(12)24)21-9-7-15(31-21)11-17-13(2)25-26(22(17)28)20-10-14(23)6-8-19(20)27(29)30/h3-11H,1-2H3/b17-11-. The molecule has 1 aliphatic heterocycles. The number of amides is 1. The molecule has 0 aliphatic carbocycles. The number of nitro benzene ring substituents is 1. The number of nitrogens with zero attached hydrogens (tertiary/aromatic N) is 3. The number of benzene rings is 2. The number of carbonyl (C=O) groups excluding carboxylic acids is 1. The molecule has 0 unspecified atom stereocenters. The number of anilines is 1. The third-order valence-electron chi connectivity index (χ3n) is 4.87. The van der Waals surface area contributed by atoms with Crippen LogP contribution in [-0.4, -0.2) is 16.5 Å². The lowest BCUT2D eigenvalue weighted by Gasteiger charge is -2.12. The second-order valence-corrected chi connectivity index (χ2v) is 7.71. The first-order chi connectivity index (χ1) is 14.8. The summed E-state index contributed by atoms with van der Waals surface area (Å²) in [5, 5.41) is 17.4. The van der Waals surface area contributed by atoms with Crippen LogP contribution in [0.5, 0.6) is 0 Å². The van der Waals surface area contributed by atoms with E-state index in [0.717, 1.165) is 16.1 Å². The molecule has 1 amide bonds. The van der Waals surface area contributed by atoms with Crippen molar-refractivity contribution in [1.82, 2.24) is 0 Å². The molecule has 3 aromatic rings. The lowest BCUT2D eigenvalue weighted by molar-refractivity contribution is -0.384. The van der Waals surface area contributed by atoms with Crippen LogP contribution < -0.4 is 5.01 Å². The monoisotopic (exact) mass is 455 g/mol. The topological polar surface area (TPSA) is 89.0 Å². The van der Waals surface area contributed by atoms with Crippen molar-refractivity contribution in [1.29, 1.82) is 0 Å². The minimum absolute atomic E-state index is 0.0000591. The Hall–Kier alpha value is -3.42. The molecule has 9 heteroatoms. The molecule has 0 bridgehead atoms. The summed E-state index contributed by atoms with van der Waals surface area (Å²) in [6, 6.07) is 13.0. The van der Waals surface area contributed by atoms with Gasteiger partial charge >= 0.3 is 0 Å². The average Bonchev–Trinajstić information content (AvgIpc) is 3.30. The number of hydrogen-bond acceptors (Lipinski definition) is 5. The summed E-state index contributed by atoms with van der Waals surface area (Å²) in [6.45, 7) is 3.54. The minimum Gasteiger partial charge on any atom is -0.457 e. The van der Waals surface area contributed by atoms with Crippen molar-refractivity contribution in [2.75, 3.05) is 5.01 Å². The molecule has 0 spiro atoms. The van der Waals surface area contributed by atoms with Gasteiger partial charge in [-0.3, -0.25) is 14.9 Å². The van der Waals surface area contributed by atoms with Crippen molar-refractivity contribution < 1.29 is 14.1 Å². The van der Waals surface area contributed by atoms with Crippen LogP contribution in [0.4, 0.5) is 11.4 Å². The highest BCUT2D eigenvalue weighted by molar-refractivity contribution is 6.33. The summed E-state index contributed by atoms with van der Waals surface area (Å²) in [4.78, 5) is 23.8. The Morgan fingerprint density at radius 1 is 1.13 bits per heavy atom. The highest BCUT2D eigenvalue weighted by Gasteiger charge is 2.33. The summed E-state index contributed by atoms with van der Waals surface area (Å²) in [5.74, 6) is 0.531. The molecule has 1 aliphatic rings. The van der Waals surface area contributed by atoms with E-state index in [1.165, 1.54) is 18.2 Å². The van der Waals surface area contributed by atoms with E-state index in [9.17, 15) is 14.9 Å². The molecule has 31 heavy (non-hydrogen) atoms. The van der Waals surface area contributed by atoms with Gasteiger partial charge in [-0.25, -0.2) is 0 Å². The highest BCUT2D eigenvalue weighted by Crippen LogP contribution is 2.35. The van der Waals surface area contributed by atoms with E-state index in [2.05, 4.69) is 5.10 Å². The Labute approximate surface area is 187 Å². The number of furan rings is 1. The van der Waals surface area contributed by atoms with Crippen LogP contribution >= 0.6 is 23.2 Å². The number of halogens is 2. The van der Waals surface area contributed by atoms with Crippen LogP contribution in [0.25, 0.3) is 17.4 Å². The first kappa shape index (κ1) is 20.8. The van der Waals surface area contributed by atoms with Crippen molar-refractivity contribution in [3.63, 3.8) is 0 Å². The van der Waals surface area contributed by atoms with E-state index in [4.69, 9.17) is 27.6 Å². The van der Waals surface area contributed by atoms with Crippen molar-refractivity contribution >= 4 is 52.3 Å². The quantitative estimate of drug-likeness (QED) is 0.263. The molecule has 156 valence electrons. The van der Waals surface area contributed by atoms with Gasteiger partial charge < -0.3 is 4.42 Å². The molecule has 2 aromatic carbocycles. The van der Waals surface area contributed by atoms with Gasteiger partial charge in [0.2, 0.25) is 0 Å². The zero-order valence-corrected chi connectivity index (χ0v) is 17.9. The Bertz CT molecular complexity index is 1290. The summed E-state index contributed by atoms with van der Waals surface area (Å²) in [7, 11) is 0. The second kappa shape index (κ2) is 8.02. The molecule has 0 radical (unpaired) electrons. The summed E-state index contributed by atoms with van der Waals surface area (Å²) >= 11 is 12.2. The van der Waals surface area contributed by atoms with Gasteiger partial charge in [-0.1, -0.05) is 35.3 Å². The van der Waals surface area contributed by atoms with Crippen LogP contribution in [-0.2, 0) is 4.79 Å². The first-order valence-corrected chi connectivity index (χ1v) is 9.93. The third kappa shape index (κ3) is 3.85. The molecule has 0 saturated carbocycles. The van der Waals surface area contributed by atoms with E-state index in [1.807, 2.05) is 19.1 Å². The van der Waals surface area contributed by atoms with Gasteiger partial charge in [0, 0.05) is 21.7 Å². The maximum Gasteiger partial charge on any atom is 0.295 e. The zero-order valence-electron chi connectivity index (χ0n) is 16.4. The van der Waals surface area contributed by atoms with Crippen LogP contribution in [0.15, 0.2) is 63.6 Å². The number of carbonyl (C=O) groups is 1. The average molecular weight is 456 g/mol. The van der Waals surface area contributed by atoms with E-state index < -0.39 is 10.8 Å². The summed E-state index contributed by atoms with van der Waals surface area (Å²) < 4.78 is 5.90. The molecule has 2 heterocycles. The normalized spacial score (nSPS) is 15.0. The van der Waals surface area contributed by atoms with Gasteiger partial charge in [0.05, 0.1) is 16.2 Å². The van der Waals surface area contributed by atoms with E-state index in [1.54, 1.807) is 31.2 Å².